The van der Waals surface area contributed by atoms with Crippen molar-refractivity contribution in [1.82, 2.24) is 0 Å². The van der Waals surface area contributed by atoms with Crippen molar-refractivity contribution in [2.24, 2.45) is 0 Å². The van der Waals surface area contributed by atoms with Crippen LogP contribution in [0.15, 0.2) is 15.4 Å². The van der Waals surface area contributed by atoms with Crippen molar-refractivity contribution < 1.29 is 27.1 Å². The second-order valence-electron chi connectivity index (χ2n) is 2.60. The Kier molecular flexibility index (Phi) is 3.56. The van der Waals surface area contributed by atoms with Crippen molar-refractivity contribution in [2.75, 3.05) is 0 Å². The van der Waals surface area contributed by atoms with Crippen LogP contribution in [0, 0.1) is 11.6 Å². The molecule has 0 unspecified atom stereocenters. The molecule has 1 rings (SSSR count). The third kappa shape index (κ3) is 2.33. The molecule has 0 amide bonds. The molecule has 0 heterocycles. The van der Waals surface area contributed by atoms with E-state index in [2.05, 4.69) is 15.9 Å². The van der Waals surface area contributed by atoms with Gasteiger partial charge in [-0.25, -0.2) is 22.0 Å². The summed E-state index contributed by atoms with van der Waals surface area (Å²) in [5.41, 5.74) is -1.37. The monoisotopic (exact) mass is 334 g/mol. The number of carboxylic acid groups (broad SMARTS) is 1. The first kappa shape index (κ1) is 13.3. The van der Waals surface area contributed by atoms with Crippen molar-refractivity contribution in [3.8, 4) is 0 Å². The average Bonchev–Trinajstić information content (AvgIpc) is 1.97. The molecular weight excluding hydrogens is 333 g/mol. The van der Waals surface area contributed by atoms with Crippen LogP contribution in [0.25, 0.3) is 0 Å². The quantitative estimate of drug-likeness (QED) is 0.842. The van der Waals surface area contributed by atoms with Crippen molar-refractivity contribution in [3.05, 3.63) is 27.7 Å². The van der Waals surface area contributed by atoms with Gasteiger partial charge in [0.1, 0.15) is 16.3 Å². The molecule has 0 aliphatic rings. The van der Waals surface area contributed by atoms with Crippen LogP contribution in [0.3, 0.4) is 0 Å². The van der Waals surface area contributed by atoms with E-state index >= 15 is 0 Å². The summed E-state index contributed by atoms with van der Waals surface area (Å²) in [6.07, 6.45) is 0. The Balaban J connectivity index is 3.79. The van der Waals surface area contributed by atoms with E-state index in [0.29, 0.717) is 6.07 Å². The van der Waals surface area contributed by atoms with Crippen LogP contribution < -0.4 is 0 Å². The van der Waals surface area contributed by atoms with E-state index in [9.17, 15) is 22.0 Å². The van der Waals surface area contributed by atoms with Gasteiger partial charge in [-0.1, -0.05) is 0 Å². The molecule has 16 heavy (non-hydrogen) atoms. The van der Waals surface area contributed by atoms with Crippen LogP contribution in [0.5, 0.6) is 0 Å². The molecule has 0 bridgehead atoms. The van der Waals surface area contributed by atoms with E-state index in [0.717, 1.165) is 0 Å². The summed E-state index contributed by atoms with van der Waals surface area (Å²) in [6.45, 7) is 0. The lowest BCUT2D eigenvalue weighted by Gasteiger charge is -2.06. The van der Waals surface area contributed by atoms with E-state index in [1.807, 2.05) is 0 Å². The number of hydrogen-bond donors (Lipinski definition) is 1. The Morgan fingerprint density at radius 1 is 1.44 bits per heavy atom. The first-order valence-corrected chi connectivity index (χ1v) is 6.62. The summed E-state index contributed by atoms with van der Waals surface area (Å²) in [4.78, 5) is 9.40. The summed E-state index contributed by atoms with van der Waals surface area (Å²) < 4.78 is 47.9. The predicted octanol–water partition coefficient (Wildman–Crippen LogP) is 2.35. The summed E-state index contributed by atoms with van der Waals surface area (Å²) >= 11 is 2.58. The number of rotatable bonds is 2. The molecule has 0 atom stereocenters. The van der Waals surface area contributed by atoms with Gasteiger partial charge in [0.05, 0.1) is 0 Å². The molecule has 0 saturated carbocycles. The predicted molar refractivity (Wildman–Crippen MR) is 54.1 cm³/mol. The Morgan fingerprint density at radius 3 is 2.31 bits per heavy atom. The third-order valence-corrected chi connectivity index (χ3v) is 3.82. The Morgan fingerprint density at radius 2 is 1.94 bits per heavy atom. The molecule has 4 nitrogen and oxygen atoms in total. The van der Waals surface area contributed by atoms with Crippen LogP contribution in [0.4, 0.5) is 8.78 Å². The first-order chi connectivity index (χ1) is 7.16. The first-order valence-electron chi connectivity index (χ1n) is 3.51. The second-order valence-corrected chi connectivity index (χ2v) is 5.96. The van der Waals surface area contributed by atoms with E-state index in [1.54, 1.807) is 0 Å². The molecular formula is C7H2BrClF2O4S. The molecule has 0 spiro atoms. The molecule has 0 saturated heterocycles. The zero-order chi connectivity index (χ0) is 12.7. The standard InChI is InChI=1S/C7H2BrClF2O4S/c8-2-1-3(10)4(7(12)13)5(11)6(2)16(9,14)15/h1H,(H,12,13). The van der Waals surface area contributed by atoms with Gasteiger partial charge in [-0.3, -0.25) is 0 Å². The third-order valence-electron chi connectivity index (χ3n) is 1.59. The van der Waals surface area contributed by atoms with Crippen LogP contribution >= 0.6 is 26.6 Å². The zero-order valence-corrected chi connectivity index (χ0v) is 10.3. The SMILES string of the molecule is O=C(O)c1c(F)cc(Br)c(S(=O)(=O)Cl)c1F. The number of benzene rings is 1. The second kappa shape index (κ2) is 4.27. The molecule has 0 aromatic heterocycles. The van der Waals surface area contributed by atoms with Crippen LogP contribution in [0.1, 0.15) is 10.4 Å². The van der Waals surface area contributed by atoms with Crippen molar-refractivity contribution >= 4 is 41.6 Å². The normalized spacial score (nSPS) is 11.5. The highest BCUT2D eigenvalue weighted by molar-refractivity contribution is 9.10. The Bertz CT molecular complexity index is 572. The summed E-state index contributed by atoms with van der Waals surface area (Å²) in [5, 5.41) is 8.49. The summed E-state index contributed by atoms with van der Waals surface area (Å²) in [5.74, 6) is -5.07. The highest BCUT2D eigenvalue weighted by Gasteiger charge is 2.28. The fraction of sp³-hybridized carbons (Fsp3) is 0. The minimum Gasteiger partial charge on any atom is -0.477 e. The maximum absolute atomic E-state index is 13.4. The lowest BCUT2D eigenvalue weighted by Crippen LogP contribution is -2.09. The van der Waals surface area contributed by atoms with E-state index < -0.39 is 41.6 Å². The zero-order valence-electron chi connectivity index (χ0n) is 7.17. The fourth-order valence-electron chi connectivity index (χ4n) is 0.992. The largest absolute Gasteiger partial charge is 0.477 e. The van der Waals surface area contributed by atoms with Crippen LogP contribution in [-0.4, -0.2) is 19.5 Å². The van der Waals surface area contributed by atoms with Gasteiger partial charge in [-0.05, 0) is 22.0 Å². The number of carboxylic acids is 1. The molecule has 1 aromatic carbocycles. The molecule has 0 aliphatic heterocycles. The lowest BCUT2D eigenvalue weighted by atomic mass is 10.2. The summed E-state index contributed by atoms with van der Waals surface area (Å²) in [7, 11) is 0.368. The van der Waals surface area contributed by atoms with E-state index in [-0.39, 0.29) is 0 Å². The molecule has 88 valence electrons. The van der Waals surface area contributed by atoms with Crippen LogP contribution in [-0.2, 0) is 9.05 Å². The van der Waals surface area contributed by atoms with E-state index in [4.69, 9.17) is 15.8 Å². The fourth-order valence-corrected chi connectivity index (χ4v) is 3.35. The van der Waals surface area contributed by atoms with E-state index in [1.165, 1.54) is 0 Å². The van der Waals surface area contributed by atoms with Crippen LogP contribution in [0.2, 0.25) is 0 Å². The van der Waals surface area contributed by atoms with Crippen molar-refractivity contribution in [1.29, 1.82) is 0 Å². The minimum absolute atomic E-state index is 0.484. The molecule has 9 heteroatoms. The average molecular weight is 336 g/mol. The Labute approximate surface area is 101 Å². The van der Waals surface area contributed by atoms with Gasteiger partial charge in [-0.15, -0.1) is 0 Å². The van der Waals surface area contributed by atoms with Gasteiger partial charge in [0, 0.05) is 15.2 Å². The van der Waals surface area contributed by atoms with Gasteiger partial charge in [0.15, 0.2) is 5.82 Å². The number of halogens is 4. The molecule has 0 radical (unpaired) electrons. The van der Waals surface area contributed by atoms with Gasteiger partial charge in [0.2, 0.25) is 0 Å². The number of carbonyl (C=O) groups is 1. The topological polar surface area (TPSA) is 71.4 Å². The van der Waals surface area contributed by atoms with Gasteiger partial charge < -0.3 is 5.11 Å². The lowest BCUT2D eigenvalue weighted by molar-refractivity contribution is 0.0685. The summed E-state index contributed by atoms with van der Waals surface area (Å²) in [6, 6.07) is 0.516. The Hall–Kier alpha value is -0.730. The molecule has 0 fully saturated rings. The van der Waals surface area contributed by atoms with Gasteiger partial charge in [0.25, 0.3) is 9.05 Å². The highest BCUT2D eigenvalue weighted by atomic mass is 79.9. The van der Waals surface area contributed by atoms with Gasteiger partial charge in [-0.2, -0.15) is 0 Å². The number of aromatic carboxylic acids is 1. The maximum atomic E-state index is 13.4. The number of hydrogen-bond acceptors (Lipinski definition) is 3. The van der Waals surface area contributed by atoms with Crippen molar-refractivity contribution in [3.63, 3.8) is 0 Å². The molecule has 1 N–H and O–H groups in total. The molecule has 0 aliphatic carbocycles. The van der Waals surface area contributed by atoms with Crippen molar-refractivity contribution in [2.45, 2.75) is 4.90 Å². The van der Waals surface area contributed by atoms with Gasteiger partial charge >= 0.3 is 5.97 Å². The minimum atomic E-state index is -4.52. The highest BCUT2D eigenvalue weighted by Crippen LogP contribution is 2.31. The smallest absolute Gasteiger partial charge is 0.341 e. The molecule has 1 aromatic rings. The maximum Gasteiger partial charge on any atom is 0.341 e.